The predicted octanol–water partition coefficient (Wildman–Crippen LogP) is 4.77. The lowest BCUT2D eigenvalue weighted by Crippen LogP contribution is -2.13. The minimum absolute atomic E-state index is 0.229. The quantitative estimate of drug-likeness (QED) is 0.681. The van der Waals surface area contributed by atoms with Crippen molar-refractivity contribution < 1.29 is 14.3 Å². The van der Waals surface area contributed by atoms with Gasteiger partial charge in [-0.25, -0.2) is 4.98 Å². The third kappa shape index (κ3) is 3.66. The average Bonchev–Trinajstić information content (AvgIpc) is 3.14. The van der Waals surface area contributed by atoms with Crippen LogP contribution in [0.4, 0.5) is 17.2 Å². The number of aromatic nitrogens is 1. The van der Waals surface area contributed by atoms with Gasteiger partial charge in [0.2, 0.25) is 6.79 Å². The highest BCUT2D eigenvalue weighted by atomic mass is 35.5. The third-order valence-electron chi connectivity index (χ3n) is 4.19. The maximum atomic E-state index is 12.4. The van der Waals surface area contributed by atoms with Gasteiger partial charge in [0, 0.05) is 28.7 Å². The van der Waals surface area contributed by atoms with Crippen LogP contribution in [0.5, 0.6) is 11.5 Å². The van der Waals surface area contributed by atoms with Crippen LogP contribution in [0.25, 0.3) is 0 Å². The van der Waals surface area contributed by atoms with E-state index < -0.39 is 0 Å². The topological polar surface area (TPSA) is 72.5 Å². The number of rotatable bonds is 4. The minimum atomic E-state index is -0.248. The summed E-state index contributed by atoms with van der Waals surface area (Å²) in [7, 11) is 0. The van der Waals surface area contributed by atoms with Crippen LogP contribution in [0.1, 0.15) is 15.9 Å². The van der Waals surface area contributed by atoms with Crippen LogP contribution >= 0.6 is 11.6 Å². The Kier molecular flexibility index (Phi) is 4.56. The largest absolute Gasteiger partial charge is 0.454 e. The van der Waals surface area contributed by atoms with Crippen LogP contribution in [0.3, 0.4) is 0 Å². The van der Waals surface area contributed by atoms with Gasteiger partial charge in [0.25, 0.3) is 5.91 Å². The molecule has 1 aliphatic rings. The van der Waals surface area contributed by atoms with Crippen molar-refractivity contribution in [2.75, 3.05) is 17.4 Å². The fourth-order valence-electron chi connectivity index (χ4n) is 2.66. The van der Waals surface area contributed by atoms with Crippen molar-refractivity contribution in [1.29, 1.82) is 0 Å². The van der Waals surface area contributed by atoms with E-state index in [0.29, 0.717) is 27.8 Å². The van der Waals surface area contributed by atoms with Gasteiger partial charge in [-0.05, 0) is 48.9 Å². The molecular formula is C20H16ClN3O3. The van der Waals surface area contributed by atoms with E-state index in [1.165, 1.54) is 6.20 Å². The molecule has 0 unspecified atom stereocenters. The molecule has 1 aliphatic heterocycles. The Hall–Kier alpha value is -3.25. The van der Waals surface area contributed by atoms with Gasteiger partial charge in [-0.1, -0.05) is 17.7 Å². The lowest BCUT2D eigenvalue weighted by atomic mass is 10.2. The highest BCUT2D eigenvalue weighted by Crippen LogP contribution is 2.34. The van der Waals surface area contributed by atoms with Crippen molar-refractivity contribution in [2.24, 2.45) is 0 Å². The number of hydrogen-bond donors (Lipinski definition) is 2. The molecule has 2 heterocycles. The number of amides is 1. The van der Waals surface area contributed by atoms with E-state index in [4.69, 9.17) is 21.1 Å². The number of anilines is 3. The molecule has 0 saturated heterocycles. The van der Waals surface area contributed by atoms with Crippen LogP contribution in [-0.2, 0) is 0 Å². The van der Waals surface area contributed by atoms with Gasteiger partial charge < -0.3 is 20.1 Å². The molecule has 0 saturated carbocycles. The number of pyridine rings is 1. The minimum Gasteiger partial charge on any atom is -0.454 e. The van der Waals surface area contributed by atoms with Crippen LogP contribution in [0, 0.1) is 6.92 Å². The lowest BCUT2D eigenvalue weighted by Gasteiger charge is -2.10. The second-order valence-electron chi connectivity index (χ2n) is 5.99. The summed E-state index contributed by atoms with van der Waals surface area (Å²) in [6.07, 6.45) is 1.52. The van der Waals surface area contributed by atoms with Gasteiger partial charge in [-0.2, -0.15) is 0 Å². The van der Waals surface area contributed by atoms with E-state index in [1.54, 1.807) is 24.3 Å². The lowest BCUT2D eigenvalue weighted by molar-refractivity contribution is 0.102. The highest BCUT2D eigenvalue weighted by molar-refractivity contribution is 6.31. The molecule has 0 atom stereocenters. The van der Waals surface area contributed by atoms with E-state index in [2.05, 4.69) is 15.6 Å². The number of benzene rings is 2. The Bertz CT molecular complexity index is 1010. The SMILES string of the molecule is Cc1c(Cl)cccc1NC(=O)c1ccc(Nc2ccc3c(c2)OCO3)nc1. The van der Waals surface area contributed by atoms with Crippen molar-refractivity contribution in [3.05, 3.63) is 70.9 Å². The zero-order valence-electron chi connectivity index (χ0n) is 14.5. The number of nitrogens with one attached hydrogen (secondary N) is 2. The molecule has 0 radical (unpaired) electrons. The molecule has 4 rings (SSSR count). The predicted molar refractivity (Wildman–Crippen MR) is 104 cm³/mol. The second-order valence-corrected chi connectivity index (χ2v) is 6.40. The number of fused-ring (bicyclic) bond motifs is 1. The molecule has 7 heteroatoms. The normalized spacial score (nSPS) is 11.9. The Balaban J connectivity index is 1.45. The standard InChI is InChI=1S/C20H16ClN3O3/c1-12-15(21)3-2-4-16(12)24-20(25)13-5-8-19(22-10-13)23-14-6-7-17-18(9-14)27-11-26-17/h2-10H,11H2,1H3,(H,22,23)(H,24,25). The molecule has 2 aromatic carbocycles. The highest BCUT2D eigenvalue weighted by Gasteiger charge is 2.14. The number of carbonyl (C=O) groups is 1. The molecule has 0 aliphatic carbocycles. The maximum absolute atomic E-state index is 12.4. The van der Waals surface area contributed by atoms with Crippen LogP contribution in [0.2, 0.25) is 5.02 Å². The molecule has 3 aromatic rings. The van der Waals surface area contributed by atoms with Gasteiger partial charge in [0.1, 0.15) is 5.82 Å². The summed E-state index contributed by atoms with van der Waals surface area (Å²) in [4.78, 5) is 16.7. The number of halogens is 1. The van der Waals surface area contributed by atoms with Crippen molar-refractivity contribution in [3.63, 3.8) is 0 Å². The van der Waals surface area contributed by atoms with E-state index in [-0.39, 0.29) is 12.7 Å². The summed E-state index contributed by atoms with van der Waals surface area (Å²) in [5.74, 6) is 1.77. The molecule has 136 valence electrons. The zero-order valence-corrected chi connectivity index (χ0v) is 15.2. The first-order valence-corrected chi connectivity index (χ1v) is 8.67. The van der Waals surface area contributed by atoms with Crippen LogP contribution in [0.15, 0.2) is 54.7 Å². The van der Waals surface area contributed by atoms with E-state index in [0.717, 1.165) is 17.0 Å². The Morgan fingerprint density at radius 3 is 2.78 bits per heavy atom. The van der Waals surface area contributed by atoms with E-state index in [9.17, 15) is 4.79 Å². The molecule has 27 heavy (non-hydrogen) atoms. The third-order valence-corrected chi connectivity index (χ3v) is 4.60. The first-order valence-electron chi connectivity index (χ1n) is 8.29. The average molecular weight is 382 g/mol. The summed E-state index contributed by atoms with van der Waals surface area (Å²) in [6, 6.07) is 14.4. The molecule has 1 amide bonds. The van der Waals surface area contributed by atoms with Crippen molar-refractivity contribution in [3.8, 4) is 11.5 Å². The van der Waals surface area contributed by atoms with Gasteiger partial charge in [-0.15, -0.1) is 0 Å². The smallest absolute Gasteiger partial charge is 0.257 e. The maximum Gasteiger partial charge on any atom is 0.257 e. The number of carbonyl (C=O) groups excluding carboxylic acids is 1. The van der Waals surface area contributed by atoms with Gasteiger partial charge in [-0.3, -0.25) is 4.79 Å². The summed E-state index contributed by atoms with van der Waals surface area (Å²) in [5.41, 5.74) is 2.76. The monoisotopic (exact) mass is 381 g/mol. The molecule has 2 N–H and O–H groups in total. The molecular weight excluding hydrogens is 366 g/mol. The summed E-state index contributed by atoms with van der Waals surface area (Å²) < 4.78 is 10.6. The number of ether oxygens (including phenoxy) is 2. The fraction of sp³-hybridized carbons (Fsp3) is 0.100. The second kappa shape index (κ2) is 7.17. The number of nitrogens with zero attached hydrogens (tertiary/aromatic N) is 1. The molecule has 1 aromatic heterocycles. The summed E-state index contributed by atoms with van der Waals surface area (Å²) >= 11 is 6.09. The van der Waals surface area contributed by atoms with Crippen molar-refractivity contribution >= 4 is 34.7 Å². The van der Waals surface area contributed by atoms with Crippen molar-refractivity contribution in [2.45, 2.75) is 6.92 Å². The van der Waals surface area contributed by atoms with Crippen LogP contribution < -0.4 is 20.1 Å². The van der Waals surface area contributed by atoms with Crippen LogP contribution in [-0.4, -0.2) is 17.7 Å². The number of hydrogen-bond acceptors (Lipinski definition) is 5. The summed E-state index contributed by atoms with van der Waals surface area (Å²) in [6.45, 7) is 2.08. The molecule has 0 fully saturated rings. The van der Waals surface area contributed by atoms with E-state index in [1.807, 2.05) is 31.2 Å². The first kappa shape index (κ1) is 17.2. The zero-order chi connectivity index (χ0) is 18.8. The first-order chi connectivity index (χ1) is 13.1. The summed E-state index contributed by atoms with van der Waals surface area (Å²) in [5, 5.41) is 6.63. The molecule has 0 bridgehead atoms. The Labute approximate surface area is 161 Å². The van der Waals surface area contributed by atoms with Gasteiger partial charge in [0.15, 0.2) is 11.5 Å². The molecule has 0 spiro atoms. The van der Waals surface area contributed by atoms with Crippen molar-refractivity contribution in [1.82, 2.24) is 4.98 Å². The van der Waals surface area contributed by atoms with Gasteiger partial charge >= 0.3 is 0 Å². The van der Waals surface area contributed by atoms with E-state index >= 15 is 0 Å². The molecule has 6 nitrogen and oxygen atoms in total. The Morgan fingerprint density at radius 2 is 1.96 bits per heavy atom. The van der Waals surface area contributed by atoms with Gasteiger partial charge in [0.05, 0.1) is 5.56 Å². The fourth-order valence-corrected chi connectivity index (χ4v) is 2.84. The Morgan fingerprint density at radius 1 is 1.11 bits per heavy atom.